The standard InChI is InChI=1S/C30H32BrN3O4/c1-37-28(35)18-24-16-25(34(30(24)36)15-5-8-20-6-3-2-4-7-20)19-38-27-14-13-23(17-26(27)31)21-9-11-22(12-10-21)29(32)33/h2-4,6-7,9-14,17,24-25H,5,8,15-16,18-19H2,1H3,(H3,32,33)/t24-,25-/m0/s1. The fourth-order valence-electron chi connectivity index (χ4n) is 4.80. The van der Waals surface area contributed by atoms with Gasteiger partial charge in [-0.05, 0) is 64.0 Å². The molecule has 38 heavy (non-hydrogen) atoms. The van der Waals surface area contributed by atoms with Gasteiger partial charge in [0.2, 0.25) is 5.91 Å². The molecule has 7 nitrogen and oxygen atoms in total. The highest BCUT2D eigenvalue weighted by Gasteiger charge is 2.40. The van der Waals surface area contributed by atoms with E-state index in [4.69, 9.17) is 20.6 Å². The second-order valence-electron chi connectivity index (χ2n) is 9.43. The molecule has 198 valence electrons. The van der Waals surface area contributed by atoms with Crippen molar-refractivity contribution in [3.63, 3.8) is 0 Å². The van der Waals surface area contributed by atoms with Crippen LogP contribution < -0.4 is 10.5 Å². The van der Waals surface area contributed by atoms with Crippen LogP contribution in [0, 0.1) is 11.3 Å². The quantitative estimate of drug-likeness (QED) is 0.185. The molecule has 1 saturated heterocycles. The highest BCUT2D eigenvalue weighted by molar-refractivity contribution is 9.10. The molecular weight excluding hydrogens is 546 g/mol. The van der Waals surface area contributed by atoms with Gasteiger partial charge in [0.05, 0.1) is 30.0 Å². The van der Waals surface area contributed by atoms with Gasteiger partial charge in [-0.15, -0.1) is 0 Å². The summed E-state index contributed by atoms with van der Waals surface area (Å²) >= 11 is 3.62. The van der Waals surface area contributed by atoms with Crippen molar-refractivity contribution in [2.75, 3.05) is 20.3 Å². The maximum absolute atomic E-state index is 13.2. The number of rotatable bonds is 11. The number of halogens is 1. The number of hydrogen-bond donors (Lipinski definition) is 2. The Morgan fingerprint density at radius 3 is 2.45 bits per heavy atom. The van der Waals surface area contributed by atoms with Gasteiger partial charge in [0.1, 0.15) is 18.2 Å². The normalized spacial score (nSPS) is 16.9. The van der Waals surface area contributed by atoms with Crippen molar-refractivity contribution >= 4 is 33.6 Å². The van der Waals surface area contributed by atoms with Crippen molar-refractivity contribution in [2.45, 2.75) is 31.7 Å². The number of ether oxygens (including phenoxy) is 2. The average Bonchev–Trinajstić information content (AvgIpc) is 3.22. The Kier molecular flexibility index (Phi) is 9.18. The first-order valence-corrected chi connectivity index (χ1v) is 13.4. The molecule has 3 N–H and O–H groups in total. The van der Waals surface area contributed by atoms with Crippen molar-refractivity contribution in [1.29, 1.82) is 5.41 Å². The first-order valence-electron chi connectivity index (χ1n) is 12.6. The predicted molar refractivity (Wildman–Crippen MR) is 151 cm³/mol. The van der Waals surface area contributed by atoms with E-state index < -0.39 is 5.92 Å². The Morgan fingerprint density at radius 1 is 1.08 bits per heavy atom. The third kappa shape index (κ3) is 6.81. The minimum atomic E-state index is -0.392. The van der Waals surface area contributed by atoms with Crippen LogP contribution in [-0.4, -0.2) is 48.9 Å². The smallest absolute Gasteiger partial charge is 0.306 e. The predicted octanol–water partition coefficient (Wildman–Crippen LogP) is 5.19. The SMILES string of the molecule is COC(=O)C[C@@H]1C[C@@H](COc2ccc(-c3ccc(C(=N)N)cc3)cc2Br)N(CCCc2ccccc2)C1=O. The number of esters is 1. The molecule has 0 spiro atoms. The Labute approximate surface area is 231 Å². The summed E-state index contributed by atoms with van der Waals surface area (Å²) in [6.07, 6.45) is 2.34. The van der Waals surface area contributed by atoms with Crippen LogP contribution in [0.2, 0.25) is 0 Å². The van der Waals surface area contributed by atoms with Crippen LogP contribution in [0.4, 0.5) is 0 Å². The molecule has 1 aliphatic rings. The fraction of sp³-hybridized carbons (Fsp3) is 0.300. The van der Waals surface area contributed by atoms with Crippen molar-refractivity contribution in [3.05, 3.63) is 88.4 Å². The average molecular weight is 579 g/mol. The van der Waals surface area contributed by atoms with E-state index in [0.717, 1.165) is 28.4 Å². The summed E-state index contributed by atoms with van der Waals surface area (Å²) in [5, 5.41) is 7.56. The summed E-state index contributed by atoms with van der Waals surface area (Å²) in [4.78, 5) is 27.0. The number of carbonyl (C=O) groups is 2. The monoisotopic (exact) mass is 577 g/mol. The van der Waals surface area contributed by atoms with Crippen molar-refractivity contribution in [1.82, 2.24) is 4.90 Å². The molecule has 0 saturated carbocycles. The van der Waals surface area contributed by atoms with Crippen LogP contribution in [0.5, 0.6) is 5.75 Å². The zero-order valence-electron chi connectivity index (χ0n) is 21.4. The molecule has 3 aromatic carbocycles. The Hall–Kier alpha value is -3.65. The van der Waals surface area contributed by atoms with E-state index in [9.17, 15) is 9.59 Å². The Balaban J connectivity index is 1.42. The molecule has 0 bridgehead atoms. The number of nitrogens with zero attached hydrogens (tertiary/aromatic N) is 1. The summed E-state index contributed by atoms with van der Waals surface area (Å²) < 4.78 is 11.8. The van der Waals surface area contributed by atoms with E-state index >= 15 is 0 Å². The van der Waals surface area contributed by atoms with E-state index in [1.807, 2.05) is 65.6 Å². The van der Waals surface area contributed by atoms with Crippen LogP contribution in [-0.2, 0) is 20.7 Å². The van der Waals surface area contributed by atoms with E-state index in [2.05, 4.69) is 28.1 Å². The summed E-state index contributed by atoms with van der Waals surface area (Å²) in [7, 11) is 1.35. The van der Waals surface area contributed by atoms with Gasteiger partial charge in [-0.2, -0.15) is 0 Å². The lowest BCUT2D eigenvalue weighted by molar-refractivity contribution is -0.144. The number of nitrogens with one attached hydrogen (secondary N) is 1. The molecule has 1 aliphatic heterocycles. The van der Waals surface area contributed by atoms with E-state index in [0.29, 0.717) is 30.9 Å². The van der Waals surface area contributed by atoms with Gasteiger partial charge in [0.25, 0.3) is 0 Å². The lowest BCUT2D eigenvalue weighted by atomic mass is 10.0. The van der Waals surface area contributed by atoms with Gasteiger partial charge >= 0.3 is 5.97 Å². The molecule has 4 rings (SSSR count). The van der Waals surface area contributed by atoms with Crippen LogP contribution in [0.1, 0.15) is 30.4 Å². The molecule has 0 unspecified atom stereocenters. The zero-order valence-corrected chi connectivity index (χ0v) is 22.9. The number of nitrogen functional groups attached to an aromatic ring is 1. The minimum Gasteiger partial charge on any atom is -0.490 e. The number of amidine groups is 1. The van der Waals surface area contributed by atoms with Crippen molar-refractivity contribution in [2.24, 2.45) is 11.7 Å². The van der Waals surface area contributed by atoms with Gasteiger partial charge in [0, 0.05) is 12.1 Å². The van der Waals surface area contributed by atoms with Crippen LogP contribution in [0.3, 0.4) is 0 Å². The second kappa shape index (κ2) is 12.7. The Bertz CT molecular complexity index is 1280. The summed E-state index contributed by atoms with van der Waals surface area (Å²) in [6.45, 7) is 0.940. The second-order valence-corrected chi connectivity index (χ2v) is 10.3. The van der Waals surface area contributed by atoms with E-state index in [1.165, 1.54) is 12.7 Å². The topological polar surface area (TPSA) is 106 Å². The van der Waals surface area contributed by atoms with E-state index in [-0.39, 0.29) is 30.2 Å². The van der Waals surface area contributed by atoms with Crippen LogP contribution in [0.25, 0.3) is 11.1 Å². The van der Waals surface area contributed by atoms with Crippen LogP contribution >= 0.6 is 15.9 Å². The molecule has 3 aromatic rings. The first-order chi connectivity index (χ1) is 18.4. The maximum atomic E-state index is 13.2. The third-order valence-corrected chi connectivity index (χ3v) is 7.49. The lowest BCUT2D eigenvalue weighted by Gasteiger charge is -2.25. The van der Waals surface area contributed by atoms with E-state index in [1.54, 1.807) is 0 Å². The van der Waals surface area contributed by atoms with Gasteiger partial charge in [-0.25, -0.2) is 0 Å². The largest absolute Gasteiger partial charge is 0.490 e. The molecular formula is C30H32BrN3O4. The number of hydrogen-bond acceptors (Lipinski definition) is 5. The first kappa shape index (κ1) is 27.4. The fourth-order valence-corrected chi connectivity index (χ4v) is 5.29. The number of aryl methyl sites for hydroxylation is 1. The summed E-state index contributed by atoms with van der Waals surface area (Å²) in [6, 6.07) is 23.4. The minimum absolute atomic E-state index is 0.0134. The highest BCUT2D eigenvalue weighted by Crippen LogP contribution is 2.33. The molecule has 1 amide bonds. The molecule has 8 heteroatoms. The maximum Gasteiger partial charge on any atom is 0.306 e. The third-order valence-electron chi connectivity index (χ3n) is 6.87. The molecule has 1 fully saturated rings. The summed E-state index contributed by atoms with van der Waals surface area (Å²) in [5.74, 6) is -0.0575. The number of likely N-dealkylation sites (tertiary alicyclic amines) is 1. The highest BCUT2D eigenvalue weighted by atomic mass is 79.9. The number of carbonyl (C=O) groups excluding carboxylic acids is 2. The van der Waals surface area contributed by atoms with Gasteiger partial charge in [0.15, 0.2) is 0 Å². The number of nitrogens with two attached hydrogens (primary N) is 1. The van der Waals surface area contributed by atoms with Crippen molar-refractivity contribution < 1.29 is 19.1 Å². The number of benzene rings is 3. The molecule has 2 atom stereocenters. The molecule has 0 aliphatic carbocycles. The Morgan fingerprint density at radius 2 is 1.79 bits per heavy atom. The lowest BCUT2D eigenvalue weighted by Crippen LogP contribution is -2.38. The van der Waals surface area contributed by atoms with Crippen LogP contribution in [0.15, 0.2) is 77.3 Å². The van der Waals surface area contributed by atoms with Gasteiger partial charge < -0.3 is 20.1 Å². The summed E-state index contributed by atoms with van der Waals surface area (Å²) in [5.41, 5.74) is 9.46. The van der Waals surface area contributed by atoms with Gasteiger partial charge in [-0.1, -0.05) is 60.7 Å². The number of amides is 1. The van der Waals surface area contributed by atoms with Crippen molar-refractivity contribution in [3.8, 4) is 16.9 Å². The zero-order chi connectivity index (χ0) is 27.1. The molecule has 0 radical (unpaired) electrons. The van der Waals surface area contributed by atoms with Gasteiger partial charge in [-0.3, -0.25) is 15.0 Å². The molecule has 1 heterocycles. The number of methoxy groups -OCH3 is 1. The molecule has 0 aromatic heterocycles.